The molecule has 20 heavy (non-hydrogen) atoms. The zero-order valence-electron chi connectivity index (χ0n) is 11.1. The van der Waals surface area contributed by atoms with E-state index in [2.05, 4.69) is 16.0 Å². The van der Waals surface area contributed by atoms with Crippen LogP contribution in [-0.2, 0) is 4.74 Å². The minimum absolute atomic E-state index is 0.701. The van der Waals surface area contributed by atoms with E-state index in [9.17, 15) is 5.26 Å². The zero-order chi connectivity index (χ0) is 13.8. The minimum Gasteiger partial charge on any atom is -0.378 e. The lowest BCUT2D eigenvalue weighted by molar-refractivity contribution is 0.122. The Kier molecular flexibility index (Phi) is 3.62. The third-order valence-electron chi connectivity index (χ3n) is 3.46. The predicted molar refractivity (Wildman–Crippen MR) is 77.4 cm³/mol. The van der Waals surface area contributed by atoms with Crippen LogP contribution in [0, 0.1) is 11.3 Å². The van der Waals surface area contributed by atoms with Crippen LogP contribution in [0.1, 0.15) is 5.56 Å². The van der Waals surface area contributed by atoms with E-state index in [0.717, 1.165) is 29.9 Å². The number of nitriles is 1. The number of hydrogen-bond donors (Lipinski definition) is 0. The van der Waals surface area contributed by atoms with Gasteiger partial charge >= 0.3 is 0 Å². The van der Waals surface area contributed by atoms with Crippen LogP contribution in [-0.4, -0.2) is 31.3 Å². The summed E-state index contributed by atoms with van der Waals surface area (Å²) in [5.41, 5.74) is 3.78. The number of anilines is 1. The van der Waals surface area contributed by atoms with Crippen molar-refractivity contribution in [3.8, 4) is 17.2 Å². The van der Waals surface area contributed by atoms with Crippen molar-refractivity contribution in [2.45, 2.75) is 0 Å². The Bertz CT molecular complexity index is 628. The van der Waals surface area contributed by atoms with Gasteiger partial charge in [0, 0.05) is 36.6 Å². The lowest BCUT2D eigenvalue weighted by atomic mass is 10.0. The molecule has 1 aliphatic heterocycles. The Balaban J connectivity index is 2.12. The maximum absolute atomic E-state index is 9.40. The second-order valence-corrected chi connectivity index (χ2v) is 4.65. The SMILES string of the molecule is N#Cc1cccc(-c2cccnc2)c1N1CCOCC1. The largest absolute Gasteiger partial charge is 0.378 e. The third-order valence-corrected chi connectivity index (χ3v) is 3.46. The Morgan fingerprint density at radius 3 is 2.70 bits per heavy atom. The number of aromatic nitrogens is 1. The van der Waals surface area contributed by atoms with Gasteiger partial charge in [-0.1, -0.05) is 18.2 Å². The molecule has 0 unspecified atom stereocenters. The average molecular weight is 265 g/mol. The highest BCUT2D eigenvalue weighted by molar-refractivity contribution is 5.82. The maximum atomic E-state index is 9.40. The maximum Gasteiger partial charge on any atom is 0.101 e. The smallest absolute Gasteiger partial charge is 0.101 e. The van der Waals surface area contributed by atoms with Crippen molar-refractivity contribution in [1.82, 2.24) is 4.98 Å². The number of hydrogen-bond acceptors (Lipinski definition) is 4. The van der Waals surface area contributed by atoms with Crippen molar-refractivity contribution in [3.63, 3.8) is 0 Å². The van der Waals surface area contributed by atoms with Crippen molar-refractivity contribution in [2.24, 2.45) is 0 Å². The van der Waals surface area contributed by atoms with Crippen molar-refractivity contribution in [3.05, 3.63) is 48.3 Å². The first kappa shape index (κ1) is 12.6. The van der Waals surface area contributed by atoms with Gasteiger partial charge in [0.1, 0.15) is 6.07 Å². The van der Waals surface area contributed by atoms with Gasteiger partial charge in [0.05, 0.1) is 24.5 Å². The van der Waals surface area contributed by atoms with E-state index < -0.39 is 0 Å². The molecule has 1 aromatic carbocycles. The molecule has 4 heteroatoms. The van der Waals surface area contributed by atoms with Gasteiger partial charge in [-0.3, -0.25) is 4.98 Å². The van der Waals surface area contributed by atoms with E-state index in [0.29, 0.717) is 18.8 Å². The quantitative estimate of drug-likeness (QED) is 0.837. The first-order chi connectivity index (χ1) is 9.90. The summed E-state index contributed by atoms with van der Waals surface area (Å²) in [5, 5.41) is 9.40. The molecular weight excluding hydrogens is 250 g/mol. The fraction of sp³-hybridized carbons (Fsp3) is 0.250. The van der Waals surface area contributed by atoms with Crippen molar-refractivity contribution in [1.29, 1.82) is 5.26 Å². The van der Waals surface area contributed by atoms with Crippen LogP contribution in [0.25, 0.3) is 11.1 Å². The second kappa shape index (κ2) is 5.72. The number of para-hydroxylation sites is 1. The Labute approximate surface area is 118 Å². The zero-order valence-corrected chi connectivity index (χ0v) is 11.1. The summed E-state index contributed by atoms with van der Waals surface area (Å²) in [4.78, 5) is 6.40. The van der Waals surface area contributed by atoms with Crippen LogP contribution < -0.4 is 4.90 Å². The Morgan fingerprint density at radius 1 is 1.15 bits per heavy atom. The molecule has 0 spiro atoms. The Morgan fingerprint density at radius 2 is 2.00 bits per heavy atom. The number of rotatable bonds is 2. The lowest BCUT2D eigenvalue weighted by Gasteiger charge is -2.31. The molecule has 0 saturated carbocycles. The van der Waals surface area contributed by atoms with Gasteiger partial charge in [-0.15, -0.1) is 0 Å². The van der Waals surface area contributed by atoms with E-state index in [-0.39, 0.29) is 0 Å². The molecule has 2 aromatic rings. The highest BCUT2D eigenvalue weighted by atomic mass is 16.5. The molecule has 0 N–H and O–H groups in total. The van der Waals surface area contributed by atoms with Crippen molar-refractivity contribution < 1.29 is 4.74 Å². The summed E-state index contributed by atoms with van der Waals surface area (Å²) in [6, 6.07) is 12.1. The topological polar surface area (TPSA) is 49.2 Å². The number of nitrogens with zero attached hydrogens (tertiary/aromatic N) is 3. The van der Waals surface area contributed by atoms with Crippen molar-refractivity contribution >= 4 is 5.69 Å². The molecular formula is C16H15N3O. The van der Waals surface area contributed by atoms with E-state index in [1.807, 2.05) is 36.5 Å². The summed E-state index contributed by atoms with van der Waals surface area (Å²) in [6.45, 7) is 3.02. The molecule has 1 fully saturated rings. The summed E-state index contributed by atoms with van der Waals surface area (Å²) in [5.74, 6) is 0. The molecule has 0 radical (unpaired) electrons. The minimum atomic E-state index is 0.701. The van der Waals surface area contributed by atoms with Crippen LogP contribution in [0.3, 0.4) is 0 Å². The van der Waals surface area contributed by atoms with E-state index in [4.69, 9.17) is 4.74 Å². The molecule has 1 aliphatic rings. The highest BCUT2D eigenvalue weighted by Gasteiger charge is 2.19. The van der Waals surface area contributed by atoms with Crippen LogP contribution >= 0.6 is 0 Å². The van der Waals surface area contributed by atoms with Crippen molar-refractivity contribution in [2.75, 3.05) is 31.2 Å². The molecule has 100 valence electrons. The molecule has 2 heterocycles. The third kappa shape index (κ3) is 2.36. The molecule has 1 saturated heterocycles. The standard InChI is InChI=1S/C16H15N3O/c17-11-13-3-1-5-15(14-4-2-6-18-12-14)16(13)19-7-9-20-10-8-19/h1-6,12H,7-10H2. The first-order valence-electron chi connectivity index (χ1n) is 6.66. The number of pyridine rings is 1. The van der Waals surface area contributed by atoms with Gasteiger partial charge in [0.2, 0.25) is 0 Å². The Hall–Kier alpha value is -2.38. The van der Waals surface area contributed by atoms with Crippen LogP contribution in [0.4, 0.5) is 5.69 Å². The molecule has 1 aromatic heterocycles. The number of morpholine rings is 1. The van der Waals surface area contributed by atoms with Gasteiger partial charge in [0.25, 0.3) is 0 Å². The van der Waals surface area contributed by atoms with Crippen LogP contribution in [0.15, 0.2) is 42.7 Å². The highest BCUT2D eigenvalue weighted by Crippen LogP contribution is 2.33. The molecule has 0 amide bonds. The summed E-state index contributed by atoms with van der Waals surface area (Å²) in [6.07, 6.45) is 3.59. The van der Waals surface area contributed by atoms with E-state index in [1.54, 1.807) is 6.20 Å². The van der Waals surface area contributed by atoms with Gasteiger partial charge < -0.3 is 9.64 Å². The predicted octanol–water partition coefficient (Wildman–Crippen LogP) is 2.46. The number of benzene rings is 1. The lowest BCUT2D eigenvalue weighted by Crippen LogP contribution is -2.37. The van der Waals surface area contributed by atoms with Crippen LogP contribution in [0.2, 0.25) is 0 Å². The monoisotopic (exact) mass is 265 g/mol. The fourth-order valence-electron chi connectivity index (χ4n) is 2.52. The molecule has 0 atom stereocenters. The number of ether oxygens (including phenoxy) is 1. The molecule has 0 aliphatic carbocycles. The summed E-state index contributed by atoms with van der Waals surface area (Å²) >= 11 is 0. The van der Waals surface area contributed by atoms with Gasteiger partial charge in [-0.2, -0.15) is 5.26 Å². The average Bonchev–Trinajstić information content (AvgIpc) is 2.55. The fourth-order valence-corrected chi connectivity index (χ4v) is 2.52. The molecule has 0 bridgehead atoms. The van der Waals surface area contributed by atoms with Gasteiger partial charge in [-0.05, 0) is 12.1 Å². The summed E-state index contributed by atoms with van der Waals surface area (Å²) < 4.78 is 5.40. The van der Waals surface area contributed by atoms with Crippen LogP contribution in [0.5, 0.6) is 0 Å². The van der Waals surface area contributed by atoms with Gasteiger partial charge in [-0.25, -0.2) is 0 Å². The first-order valence-corrected chi connectivity index (χ1v) is 6.66. The molecule has 3 rings (SSSR count). The van der Waals surface area contributed by atoms with Gasteiger partial charge in [0.15, 0.2) is 0 Å². The summed E-state index contributed by atoms with van der Waals surface area (Å²) in [7, 11) is 0. The molecule has 4 nitrogen and oxygen atoms in total. The van der Waals surface area contributed by atoms with E-state index in [1.165, 1.54) is 0 Å². The van der Waals surface area contributed by atoms with E-state index >= 15 is 0 Å². The second-order valence-electron chi connectivity index (χ2n) is 4.65. The normalized spacial score (nSPS) is 14.8.